The third kappa shape index (κ3) is 2.56. The molecule has 0 unspecified atom stereocenters. The van der Waals surface area contributed by atoms with Crippen LogP contribution in [0.2, 0.25) is 0 Å². The van der Waals surface area contributed by atoms with Crippen LogP contribution in [-0.2, 0) is 10.0 Å². The van der Waals surface area contributed by atoms with E-state index in [0.29, 0.717) is 25.2 Å². The van der Waals surface area contributed by atoms with Gasteiger partial charge < -0.3 is 10.0 Å². The second kappa shape index (κ2) is 5.23. The van der Waals surface area contributed by atoms with Crippen LogP contribution in [0.4, 0.5) is 10.6 Å². The maximum absolute atomic E-state index is 12.5. The lowest BCUT2D eigenvalue weighted by molar-refractivity contribution is 0.0982. The molecule has 23 heavy (non-hydrogen) atoms. The van der Waals surface area contributed by atoms with Crippen LogP contribution in [0, 0.1) is 6.92 Å². The molecular formula is C15H19N3O4S. The summed E-state index contributed by atoms with van der Waals surface area (Å²) in [6.07, 6.45) is 1.53. The van der Waals surface area contributed by atoms with Crippen molar-refractivity contribution in [2.24, 2.45) is 0 Å². The van der Waals surface area contributed by atoms with Gasteiger partial charge >= 0.3 is 6.09 Å². The number of likely N-dealkylation sites (tertiary alicyclic amines) is 1. The maximum atomic E-state index is 12.5. The van der Waals surface area contributed by atoms with Gasteiger partial charge in [0.1, 0.15) is 5.82 Å². The molecule has 2 aliphatic rings. The van der Waals surface area contributed by atoms with Gasteiger partial charge in [-0.1, -0.05) is 6.07 Å². The van der Waals surface area contributed by atoms with Gasteiger partial charge in [0.25, 0.3) is 10.0 Å². The third-order valence-electron chi connectivity index (χ3n) is 4.50. The number of anilines is 1. The van der Waals surface area contributed by atoms with Gasteiger partial charge in [-0.3, -0.25) is 0 Å². The second-order valence-corrected chi connectivity index (χ2v) is 7.80. The number of piperidine rings is 1. The van der Waals surface area contributed by atoms with E-state index in [9.17, 15) is 18.3 Å². The Hall–Kier alpha value is -2.09. The van der Waals surface area contributed by atoms with Crippen LogP contribution in [0.5, 0.6) is 0 Å². The molecule has 2 aliphatic heterocycles. The first-order valence-electron chi connectivity index (χ1n) is 7.43. The van der Waals surface area contributed by atoms with Gasteiger partial charge in [0.15, 0.2) is 0 Å². The molecule has 3 rings (SSSR count). The topological polar surface area (TPSA) is 90.8 Å². The van der Waals surface area contributed by atoms with Crippen LogP contribution < -0.4 is 4.31 Å². The van der Waals surface area contributed by atoms with Crippen molar-refractivity contribution >= 4 is 21.9 Å². The minimum absolute atomic E-state index is 0.272. The van der Waals surface area contributed by atoms with Gasteiger partial charge in [0.05, 0.1) is 5.54 Å². The lowest BCUT2D eigenvalue weighted by Crippen LogP contribution is -2.57. The molecule has 1 aromatic rings. The third-order valence-corrected chi connectivity index (χ3v) is 6.04. The molecule has 2 atom stereocenters. The zero-order valence-corrected chi connectivity index (χ0v) is 13.8. The van der Waals surface area contributed by atoms with Gasteiger partial charge in [-0.05, 0) is 44.9 Å². The molecule has 7 nitrogen and oxygen atoms in total. The van der Waals surface area contributed by atoms with Crippen molar-refractivity contribution < 1.29 is 18.3 Å². The fourth-order valence-corrected chi connectivity index (χ4v) is 5.12. The van der Waals surface area contributed by atoms with Crippen LogP contribution in [0.3, 0.4) is 0 Å². The number of nitrogens with zero attached hydrogens (tertiary/aromatic N) is 3. The molecule has 1 fully saturated rings. The molecule has 1 aromatic heterocycles. The lowest BCUT2D eigenvalue weighted by atomic mass is 9.83. The highest BCUT2D eigenvalue weighted by atomic mass is 32.2. The predicted molar refractivity (Wildman–Crippen MR) is 85.7 cm³/mol. The minimum atomic E-state index is -3.60. The zero-order valence-electron chi connectivity index (χ0n) is 13.0. The van der Waals surface area contributed by atoms with Gasteiger partial charge in [0, 0.05) is 23.7 Å². The Morgan fingerprint density at radius 1 is 1.43 bits per heavy atom. The molecule has 0 radical (unpaired) electrons. The van der Waals surface area contributed by atoms with E-state index in [1.54, 1.807) is 25.1 Å². The number of carbonyl (C=O) groups is 1. The summed E-state index contributed by atoms with van der Waals surface area (Å²) in [6, 6.07) is 4.98. The molecule has 0 saturated carbocycles. The molecule has 3 heterocycles. The Morgan fingerprint density at radius 3 is 2.78 bits per heavy atom. The first kappa shape index (κ1) is 15.8. The van der Waals surface area contributed by atoms with Crippen molar-refractivity contribution in [2.45, 2.75) is 38.3 Å². The summed E-state index contributed by atoms with van der Waals surface area (Å²) in [4.78, 5) is 17.0. The smallest absolute Gasteiger partial charge is 0.407 e. The summed E-state index contributed by atoms with van der Waals surface area (Å²) < 4.78 is 26.4. The predicted octanol–water partition coefficient (Wildman–Crippen LogP) is 1.95. The van der Waals surface area contributed by atoms with E-state index in [2.05, 4.69) is 4.98 Å². The van der Waals surface area contributed by atoms with Crippen LogP contribution in [-0.4, -0.2) is 47.6 Å². The number of carboxylic acid groups (broad SMARTS) is 1. The lowest BCUT2D eigenvalue weighted by Gasteiger charge is -2.45. The van der Waals surface area contributed by atoms with Gasteiger partial charge in [-0.15, -0.1) is 0 Å². The van der Waals surface area contributed by atoms with E-state index < -0.39 is 21.7 Å². The Bertz CT molecular complexity index is 777. The zero-order chi connectivity index (χ0) is 16.8. The average Bonchev–Trinajstić information content (AvgIpc) is 2.69. The minimum Gasteiger partial charge on any atom is -0.465 e. The summed E-state index contributed by atoms with van der Waals surface area (Å²) in [5, 5.41) is 10.4. The number of hydrogen-bond acceptors (Lipinski definition) is 4. The Morgan fingerprint density at radius 2 is 2.17 bits per heavy atom. The molecule has 0 bridgehead atoms. The van der Waals surface area contributed by atoms with E-state index in [1.807, 2.05) is 13.0 Å². The first-order chi connectivity index (χ1) is 10.8. The standard InChI is InChI=1S/C15H19N3O4S/c1-11-4-3-5-13(16-11)18-15(7-9-23(18,21)22)6-8-17(14(19)20)12(2)10-15/h3-5,7,9,12H,6,8,10H2,1-2H3,(H,19,20)/t12-,15-/m0/s1. The van der Waals surface area contributed by atoms with Crippen molar-refractivity contribution in [3.8, 4) is 0 Å². The Balaban J connectivity index is 2.02. The second-order valence-electron chi connectivity index (χ2n) is 6.13. The first-order valence-corrected chi connectivity index (χ1v) is 8.93. The summed E-state index contributed by atoms with van der Waals surface area (Å²) >= 11 is 0. The number of aryl methyl sites for hydroxylation is 1. The normalized spacial score (nSPS) is 29.2. The number of amides is 1. The maximum Gasteiger partial charge on any atom is 0.407 e. The Kier molecular flexibility index (Phi) is 3.59. The number of sulfonamides is 1. The highest BCUT2D eigenvalue weighted by molar-refractivity contribution is 7.96. The Labute approximate surface area is 135 Å². The van der Waals surface area contributed by atoms with Crippen LogP contribution in [0.1, 0.15) is 25.5 Å². The monoisotopic (exact) mass is 337 g/mol. The van der Waals surface area contributed by atoms with Crippen molar-refractivity contribution in [1.82, 2.24) is 9.88 Å². The van der Waals surface area contributed by atoms with E-state index in [0.717, 1.165) is 5.69 Å². The summed E-state index contributed by atoms with van der Waals surface area (Å²) in [5.41, 5.74) is -0.0129. The van der Waals surface area contributed by atoms with Crippen LogP contribution in [0.25, 0.3) is 0 Å². The van der Waals surface area contributed by atoms with Crippen molar-refractivity contribution in [2.75, 3.05) is 10.8 Å². The highest BCUT2D eigenvalue weighted by Crippen LogP contribution is 2.42. The molecule has 8 heteroatoms. The van der Waals surface area contributed by atoms with Gasteiger partial charge in [-0.25, -0.2) is 22.5 Å². The number of aromatic nitrogens is 1. The summed E-state index contributed by atoms with van der Waals surface area (Å²) in [5.74, 6) is 0.381. The summed E-state index contributed by atoms with van der Waals surface area (Å²) in [7, 11) is -3.60. The van der Waals surface area contributed by atoms with E-state index in [-0.39, 0.29) is 6.04 Å². The fourth-order valence-electron chi connectivity index (χ4n) is 3.47. The number of rotatable bonds is 1. The van der Waals surface area contributed by atoms with Crippen LogP contribution >= 0.6 is 0 Å². The molecule has 1 spiro atoms. The van der Waals surface area contributed by atoms with Gasteiger partial charge in [0.2, 0.25) is 0 Å². The number of hydrogen-bond donors (Lipinski definition) is 1. The molecule has 1 saturated heterocycles. The fraction of sp³-hybridized carbons (Fsp3) is 0.467. The average molecular weight is 337 g/mol. The molecule has 1 N–H and O–H groups in total. The molecule has 124 valence electrons. The quantitative estimate of drug-likeness (QED) is 0.846. The number of pyridine rings is 1. The van der Waals surface area contributed by atoms with E-state index in [1.165, 1.54) is 14.6 Å². The van der Waals surface area contributed by atoms with E-state index in [4.69, 9.17) is 0 Å². The SMILES string of the molecule is Cc1cccc(N2[C@]3(C=CS2(=O)=O)CCN(C(=O)O)[C@@H](C)C3)n1. The summed E-state index contributed by atoms with van der Waals surface area (Å²) in [6.45, 7) is 3.90. The van der Waals surface area contributed by atoms with Gasteiger partial charge in [-0.2, -0.15) is 0 Å². The van der Waals surface area contributed by atoms with Crippen molar-refractivity contribution in [1.29, 1.82) is 0 Å². The van der Waals surface area contributed by atoms with Crippen molar-refractivity contribution in [3.63, 3.8) is 0 Å². The molecule has 0 aliphatic carbocycles. The van der Waals surface area contributed by atoms with Crippen LogP contribution in [0.15, 0.2) is 29.7 Å². The van der Waals surface area contributed by atoms with Crippen molar-refractivity contribution in [3.05, 3.63) is 35.4 Å². The molecule has 1 amide bonds. The molecule has 0 aromatic carbocycles. The van der Waals surface area contributed by atoms with E-state index >= 15 is 0 Å². The molecular weight excluding hydrogens is 318 g/mol. The highest BCUT2D eigenvalue weighted by Gasteiger charge is 2.50. The largest absolute Gasteiger partial charge is 0.465 e.